The molecular formula is C5H11NaO4S. The van der Waals surface area contributed by atoms with Crippen LogP contribution in [0.25, 0.3) is 0 Å². The van der Waals surface area contributed by atoms with Crippen LogP contribution in [0.4, 0.5) is 0 Å². The van der Waals surface area contributed by atoms with Gasteiger partial charge in [-0.3, -0.25) is 0 Å². The van der Waals surface area contributed by atoms with Crippen LogP contribution in [0.5, 0.6) is 0 Å². The van der Waals surface area contributed by atoms with E-state index in [1.165, 1.54) is 0 Å². The number of hydrogen-bond donors (Lipinski definition) is 0. The van der Waals surface area contributed by atoms with Crippen LogP contribution in [-0.4, -0.2) is 31.4 Å². The molecule has 0 atom stereocenters. The third kappa shape index (κ3) is 13.8. The number of ether oxygens (including phenoxy) is 1. The first-order valence-corrected chi connectivity index (χ1v) is 4.55. The Balaban J connectivity index is 0. The molecule has 0 radical (unpaired) electrons. The van der Waals surface area contributed by atoms with E-state index in [4.69, 9.17) is 4.74 Å². The summed E-state index contributed by atoms with van der Waals surface area (Å²) in [5, 5.41) is 0. The van der Waals surface area contributed by atoms with Crippen LogP contribution in [-0.2, 0) is 14.9 Å². The van der Waals surface area contributed by atoms with Gasteiger partial charge in [-0.2, -0.15) is 0 Å². The summed E-state index contributed by atoms with van der Waals surface area (Å²) in [5.74, 6) is -0.439. The van der Waals surface area contributed by atoms with E-state index in [2.05, 4.69) is 0 Å². The minimum Gasteiger partial charge on any atom is -0.748 e. The number of rotatable bonds is 4. The van der Waals surface area contributed by atoms with E-state index in [9.17, 15) is 13.0 Å². The quantitative estimate of drug-likeness (QED) is 0.349. The molecule has 0 saturated carbocycles. The Kier molecular flexibility index (Phi) is 8.37. The Labute approximate surface area is 89.4 Å². The van der Waals surface area contributed by atoms with E-state index in [-0.39, 0.29) is 42.3 Å². The van der Waals surface area contributed by atoms with Crippen molar-refractivity contribution < 1.29 is 47.3 Å². The van der Waals surface area contributed by atoms with Crippen LogP contribution in [0.1, 0.15) is 13.8 Å². The molecule has 0 amide bonds. The van der Waals surface area contributed by atoms with Crippen LogP contribution in [0, 0.1) is 0 Å². The molecule has 0 heterocycles. The van der Waals surface area contributed by atoms with Crippen molar-refractivity contribution in [2.75, 3.05) is 12.4 Å². The van der Waals surface area contributed by atoms with E-state index in [0.717, 1.165) is 0 Å². The summed E-state index contributed by atoms with van der Waals surface area (Å²) in [5.41, 5.74) is 0. The average Bonchev–Trinajstić information content (AvgIpc) is 1.59. The molecule has 0 bridgehead atoms. The normalized spacial score (nSPS) is 11.3. The Morgan fingerprint density at radius 2 is 1.91 bits per heavy atom. The van der Waals surface area contributed by atoms with Crippen LogP contribution in [0.3, 0.4) is 0 Å². The topological polar surface area (TPSA) is 66.4 Å². The monoisotopic (exact) mass is 190 g/mol. The van der Waals surface area contributed by atoms with Gasteiger partial charge in [0.05, 0.1) is 28.6 Å². The first-order chi connectivity index (χ1) is 4.42. The Hall–Kier alpha value is 0.870. The zero-order valence-corrected chi connectivity index (χ0v) is 9.85. The molecular weight excluding hydrogens is 179 g/mol. The largest absolute Gasteiger partial charge is 1.00 e. The van der Waals surface area contributed by atoms with Gasteiger partial charge >= 0.3 is 29.6 Å². The van der Waals surface area contributed by atoms with Crippen LogP contribution in [0.2, 0.25) is 0 Å². The van der Waals surface area contributed by atoms with Gasteiger partial charge in [0, 0.05) is 0 Å². The Bertz CT molecular complexity index is 175. The predicted octanol–water partition coefficient (Wildman–Crippen LogP) is -3.04. The van der Waals surface area contributed by atoms with Crippen molar-refractivity contribution in [1.82, 2.24) is 0 Å². The fraction of sp³-hybridized carbons (Fsp3) is 1.00. The molecule has 0 aliphatic heterocycles. The van der Waals surface area contributed by atoms with E-state index < -0.39 is 15.9 Å². The molecule has 0 fully saturated rings. The third-order valence-corrected chi connectivity index (χ3v) is 1.45. The maximum Gasteiger partial charge on any atom is 1.00 e. The van der Waals surface area contributed by atoms with Crippen molar-refractivity contribution in [2.24, 2.45) is 0 Å². The molecule has 6 heteroatoms. The molecule has 0 N–H and O–H groups in total. The summed E-state index contributed by atoms with van der Waals surface area (Å²) in [6.07, 6.45) is -0.0262. The van der Waals surface area contributed by atoms with Crippen LogP contribution >= 0.6 is 0 Å². The number of hydrogen-bond acceptors (Lipinski definition) is 4. The van der Waals surface area contributed by atoms with Gasteiger partial charge in [0.2, 0.25) is 0 Å². The molecule has 4 nitrogen and oxygen atoms in total. The second-order valence-electron chi connectivity index (χ2n) is 2.18. The molecule has 0 saturated heterocycles. The molecule has 11 heavy (non-hydrogen) atoms. The van der Waals surface area contributed by atoms with Gasteiger partial charge < -0.3 is 9.29 Å². The summed E-state index contributed by atoms with van der Waals surface area (Å²) >= 11 is 0. The van der Waals surface area contributed by atoms with E-state index in [0.29, 0.717) is 0 Å². The zero-order valence-electron chi connectivity index (χ0n) is 7.03. The molecule has 0 spiro atoms. The minimum atomic E-state index is -4.09. The second kappa shape index (κ2) is 6.39. The summed E-state index contributed by atoms with van der Waals surface area (Å²) in [7, 11) is -4.09. The van der Waals surface area contributed by atoms with Gasteiger partial charge in [-0.15, -0.1) is 0 Å². The smallest absolute Gasteiger partial charge is 0.748 e. The first-order valence-electron chi connectivity index (χ1n) is 2.97. The van der Waals surface area contributed by atoms with Crippen LogP contribution < -0.4 is 29.6 Å². The summed E-state index contributed by atoms with van der Waals surface area (Å²) in [6, 6.07) is 0. The average molecular weight is 190 g/mol. The third-order valence-electron chi connectivity index (χ3n) is 0.785. The molecule has 0 aromatic carbocycles. The molecule has 0 rings (SSSR count). The molecule has 0 unspecified atom stereocenters. The van der Waals surface area contributed by atoms with Gasteiger partial charge in [-0.1, -0.05) is 0 Å². The summed E-state index contributed by atoms with van der Waals surface area (Å²) in [6.45, 7) is 3.54. The summed E-state index contributed by atoms with van der Waals surface area (Å²) in [4.78, 5) is 0. The Morgan fingerprint density at radius 1 is 1.45 bits per heavy atom. The van der Waals surface area contributed by atoms with Crippen molar-refractivity contribution >= 4 is 10.1 Å². The van der Waals surface area contributed by atoms with Gasteiger partial charge in [-0.05, 0) is 13.8 Å². The van der Waals surface area contributed by atoms with Gasteiger partial charge in [0.15, 0.2) is 0 Å². The van der Waals surface area contributed by atoms with E-state index in [1.807, 2.05) is 0 Å². The van der Waals surface area contributed by atoms with Crippen molar-refractivity contribution in [2.45, 2.75) is 20.0 Å². The van der Waals surface area contributed by atoms with Crippen molar-refractivity contribution in [3.63, 3.8) is 0 Å². The summed E-state index contributed by atoms with van der Waals surface area (Å²) < 4.78 is 34.8. The first kappa shape index (κ1) is 14.4. The van der Waals surface area contributed by atoms with E-state index in [1.54, 1.807) is 13.8 Å². The molecule has 0 aliphatic carbocycles. The minimum absolute atomic E-state index is 0. The molecule has 0 aromatic rings. The zero-order chi connectivity index (χ0) is 8.20. The fourth-order valence-corrected chi connectivity index (χ4v) is 0.686. The maximum absolute atomic E-state index is 9.98. The Morgan fingerprint density at radius 3 is 2.18 bits per heavy atom. The molecule has 0 aliphatic rings. The van der Waals surface area contributed by atoms with Crippen molar-refractivity contribution in [3.05, 3.63) is 0 Å². The van der Waals surface area contributed by atoms with Gasteiger partial charge in [0.25, 0.3) is 0 Å². The molecule has 62 valence electrons. The van der Waals surface area contributed by atoms with Crippen LogP contribution in [0.15, 0.2) is 0 Å². The second-order valence-corrected chi connectivity index (χ2v) is 3.70. The predicted molar refractivity (Wildman–Crippen MR) is 35.7 cm³/mol. The maximum atomic E-state index is 9.98. The standard InChI is InChI=1S/C5H12O4S.Na/c1-5(2)9-3-4-10(6,7)8;/h5H,3-4H2,1-2H3,(H,6,7,8);/q;+1/p-1. The van der Waals surface area contributed by atoms with Gasteiger partial charge in [-0.25, -0.2) is 8.42 Å². The molecule has 0 aromatic heterocycles. The SMILES string of the molecule is CC(C)OCCS(=O)(=O)[O-].[Na+]. The van der Waals surface area contributed by atoms with E-state index >= 15 is 0 Å². The fourth-order valence-electron chi connectivity index (χ4n) is 0.386. The van der Waals surface area contributed by atoms with Gasteiger partial charge in [0.1, 0.15) is 0 Å². The van der Waals surface area contributed by atoms with Crippen molar-refractivity contribution in [1.29, 1.82) is 0 Å². The van der Waals surface area contributed by atoms with Crippen molar-refractivity contribution in [3.8, 4) is 0 Å².